The number of aromatic nitrogens is 2. The summed E-state index contributed by atoms with van der Waals surface area (Å²) in [6.45, 7) is 3.35. The summed E-state index contributed by atoms with van der Waals surface area (Å²) in [5.41, 5.74) is 0.691. The lowest BCUT2D eigenvalue weighted by atomic mass is 10.0. The smallest absolute Gasteiger partial charge is 0.326 e. The van der Waals surface area contributed by atoms with Gasteiger partial charge in [-0.1, -0.05) is 13.8 Å². The monoisotopic (exact) mass is 315 g/mol. The molecule has 0 saturated heterocycles. The second-order valence-corrected chi connectivity index (χ2v) is 4.79. The highest BCUT2D eigenvalue weighted by Gasteiger charge is 2.25. The number of fused-ring (bicyclic) bond motifs is 1. The van der Waals surface area contributed by atoms with Gasteiger partial charge in [0.2, 0.25) is 0 Å². The van der Waals surface area contributed by atoms with Gasteiger partial charge in [0, 0.05) is 0 Å². The van der Waals surface area contributed by atoms with Crippen LogP contribution < -0.4 is 5.32 Å². The van der Waals surface area contributed by atoms with E-state index in [1.54, 1.807) is 13.8 Å². The lowest BCUT2D eigenvalue weighted by Crippen LogP contribution is -2.44. The van der Waals surface area contributed by atoms with Gasteiger partial charge < -0.3 is 15.4 Å². The molecule has 0 saturated carbocycles. The Bertz CT molecular complexity index is 672. The zero-order chi connectivity index (χ0) is 14.9. The average molecular weight is 316 g/mol. The summed E-state index contributed by atoms with van der Waals surface area (Å²) >= 11 is 0. The molecule has 1 aromatic heterocycles. The maximum Gasteiger partial charge on any atom is 0.326 e. The number of aromatic amines is 1. The predicted octanol–water partition coefficient (Wildman–Crippen LogP) is 1.96. The molecular weight excluding hydrogens is 301 g/mol. The number of rotatable bonds is 4. The van der Waals surface area contributed by atoms with Crippen molar-refractivity contribution in [2.75, 3.05) is 0 Å². The average Bonchev–Trinajstić information content (AvgIpc) is 2.81. The first-order valence-electron chi connectivity index (χ1n) is 6.06. The summed E-state index contributed by atoms with van der Waals surface area (Å²) in [6.07, 6.45) is 1.35. The third-order valence-corrected chi connectivity index (χ3v) is 2.95. The van der Waals surface area contributed by atoms with Crippen molar-refractivity contribution in [3.8, 4) is 0 Å². The normalized spacial score (nSPS) is 12.0. The molecular formula is C13H15ClFN3O3. The molecule has 2 rings (SSSR count). The lowest BCUT2D eigenvalue weighted by molar-refractivity contribution is -0.140. The number of aliphatic carboxylic acids is 1. The van der Waals surface area contributed by atoms with Crippen molar-refractivity contribution >= 4 is 35.3 Å². The van der Waals surface area contributed by atoms with Crippen molar-refractivity contribution < 1.29 is 19.1 Å². The number of hydrogen-bond donors (Lipinski definition) is 3. The minimum atomic E-state index is -1.14. The highest BCUT2D eigenvalue weighted by atomic mass is 35.5. The summed E-state index contributed by atoms with van der Waals surface area (Å²) in [6, 6.07) is 1.22. The minimum Gasteiger partial charge on any atom is -0.480 e. The Kier molecular flexibility index (Phi) is 5.26. The van der Waals surface area contributed by atoms with Gasteiger partial charge in [0.15, 0.2) is 0 Å². The summed E-state index contributed by atoms with van der Waals surface area (Å²) in [5, 5.41) is 11.4. The molecule has 0 aliphatic heterocycles. The quantitative estimate of drug-likeness (QED) is 0.803. The molecule has 0 radical (unpaired) electrons. The van der Waals surface area contributed by atoms with Crippen molar-refractivity contribution in [3.63, 3.8) is 0 Å². The predicted molar refractivity (Wildman–Crippen MR) is 77.0 cm³/mol. The van der Waals surface area contributed by atoms with E-state index in [-0.39, 0.29) is 23.9 Å². The number of halogens is 2. The number of carboxylic acid groups (broad SMARTS) is 1. The molecule has 0 unspecified atom stereocenters. The summed E-state index contributed by atoms with van der Waals surface area (Å²) in [5.74, 6) is -2.69. The molecule has 3 N–H and O–H groups in total. The number of imidazole rings is 1. The highest BCUT2D eigenvalue weighted by Crippen LogP contribution is 2.17. The first kappa shape index (κ1) is 16.9. The van der Waals surface area contributed by atoms with E-state index < -0.39 is 23.7 Å². The third-order valence-electron chi connectivity index (χ3n) is 2.95. The van der Waals surface area contributed by atoms with Crippen molar-refractivity contribution in [1.29, 1.82) is 0 Å². The fourth-order valence-electron chi connectivity index (χ4n) is 1.92. The van der Waals surface area contributed by atoms with Gasteiger partial charge in [-0.3, -0.25) is 4.79 Å². The van der Waals surface area contributed by atoms with Crippen LogP contribution >= 0.6 is 12.4 Å². The first-order valence-corrected chi connectivity index (χ1v) is 6.06. The fourth-order valence-corrected chi connectivity index (χ4v) is 1.92. The Labute approximate surface area is 126 Å². The van der Waals surface area contributed by atoms with E-state index in [0.29, 0.717) is 11.0 Å². The maximum atomic E-state index is 13.4. The SMILES string of the molecule is CC(C)[C@@H](NC(=O)c1cc(F)cc2[nH]cnc12)C(=O)O.Cl. The summed E-state index contributed by atoms with van der Waals surface area (Å²) in [7, 11) is 0. The highest BCUT2D eigenvalue weighted by molar-refractivity contribution is 6.05. The molecule has 21 heavy (non-hydrogen) atoms. The first-order chi connectivity index (χ1) is 9.40. The van der Waals surface area contributed by atoms with Crippen LogP contribution in [0.3, 0.4) is 0 Å². The number of carboxylic acids is 1. The van der Waals surface area contributed by atoms with Gasteiger partial charge in [0.25, 0.3) is 5.91 Å². The van der Waals surface area contributed by atoms with Crippen molar-refractivity contribution in [2.24, 2.45) is 5.92 Å². The van der Waals surface area contributed by atoms with Gasteiger partial charge in [0.05, 0.1) is 17.4 Å². The molecule has 1 aromatic carbocycles. The number of carbonyl (C=O) groups excluding carboxylic acids is 1. The van der Waals surface area contributed by atoms with Gasteiger partial charge in [-0.15, -0.1) is 12.4 Å². The second-order valence-electron chi connectivity index (χ2n) is 4.79. The number of amides is 1. The van der Waals surface area contributed by atoms with Crippen LogP contribution in [0.4, 0.5) is 4.39 Å². The van der Waals surface area contributed by atoms with Crippen LogP contribution in [0.2, 0.25) is 0 Å². The van der Waals surface area contributed by atoms with Crippen LogP contribution in [-0.4, -0.2) is 33.0 Å². The number of benzene rings is 1. The van der Waals surface area contributed by atoms with Gasteiger partial charge in [-0.25, -0.2) is 14.2 Å². The van der Waals surface area contributed by atoms with E-state index in [1.165, 1.54) is 12.4 Å². The molecule has 0 aliphatic carbocycles. The molecule has 0 spiro atoms. The van der Waals surface area contributed by atoms with Gasteiger partial charge in [-0.2, -0.15) is 0 Å². The Hall–Kier alpha value is -2.15. The molecule has 1 heterocycles. The van der Waals surface area contributed by atoms with Crippen LogP contribution in [-0.2, 0) is 4.79 Å². The molecule has 1 atom stereocenters. The number of H-pyrrole nitrogens is 1. The van der Waals surface area contributed by atoms with E-state index in [2.05, 4.69) is 15.3 Å². The van der Waals surface area contributed by atoms with Crippen LogP contribution in [0.15, 0.2) is 18.5 Å². The molecule has 2 aromatic rings. The van der Waals surface area contributed by atoms with Crippen molar-refractivity contribution in [2.45, 2.75) is 19.9 Å². The van der Waals surface area contributed by atoms with Crippen LogP contribution in [0.25, 0.3) is 11.0 Å². The zero-order valence-electron chi connectivity index (χ0n) is 11.4. The number of nitrogens with zero attached hydrogens (tertiary/aromatic N) is 1. The minimum absolute atomic E-state index is 0. The number of hydrogen-bond acceptors (Lipinski definition) is 3. The van der Waals surface area contributed by atoms with Crippen molar-refractivity contribution in [1.82, 2.24) is 15.3 Å². The Morgan fingerprint density at radius 2 is 2.05 bits per heavy atom. The molecule has 0 aliphatic rings. The van der Waals surface area contributed by atoms with E-state index >= 15 is 0 Å². The van der Waals surface area contributed by atoms with Crippen LogP contribution in [0.5, 0.6) is 0 Å². The molecule has 114 valence electrons. The topological polar surface area (TPSA) is 95.1 Å². The molecule has 0 bridgehead atoms. The van der Waals surface area contributed by atoms with E-state index in [9.17, 15) is 14.0 Å². The van der Waals surface area contributed by atoms with E-state index in [0.717, 1.165) is 6.07 Å². The van der Waals surface area contributed by atoms with Gasteiger partial charge in [0.1, 0.15) is 17.4 Å². The lowest BCUT2D eigenvalue weighted by Gasteiger charge is -2.18. The molecule has 1 amide bonds. The molecule has 0 fully saturated rings. The fraction of sp³-hybridized carbons (Fsp3) is 0.308. The molecule has 6 nitrogen and oxygen atoms in total. The standard InChI is InChI=1S/C13H14FN3O3.ClH/c1-6(2)10(13(19)20)17-12(18)8-3-7(14)4-9-11(8)16-5-15-9;/h3-6,10H,1-2H3,(H,15,16)(H,17,18)(H,19,20);1H/t10-;/m1./s1. The Balaban J connectivity index is 0.00000220. The number of carbonyl (C=O) groups is 2. The largest absolute Gasteiger partial charge is 0.480 e. The Morgan fingerprint density at radius 1 is 1.38 bits per heavy atom. The zero-order valence-corrected chi connectivity index (χ0v) is 12.2. The van der Waals surface area contributed by atoms with Crippen molar-refractivity contribution in [3.05, 3.63) is 29.8 Å². The van der Waals surface area contributed by atoms with Crippen LogP contribution in [0, 0.1) is 11.7 Å². The van der Waals surface area contributed by atoms with Gasteiger partial charge in [-0.05, 0) is 18.1 Å². The molecule has 8 heteroatoms. The van der Waals surface area contributed by atoms with E-state index in [4.69, 9.17) is 5.11 Å². The summed E-state index contributed by atoms with van der Waals surface area (Å²) < 4.78 is 13.4. The summed E-state index contributed by atoms with van der Waals surface area (Å²) in [4.78, 5) is 29.9. The Morgan fingerprint density at radius 3 is 2.62 bits per heavy atom. The van der Waals surface area contributed by atoms with Gasteiger partial charge >= 0.3 is 5.97 Å². The van der Waals surface area contributed by atoms with Crippen LogP contribution in [0.1, 0.15) is 24.2 Å². The second kappa shape index (κ2) is 6.53. The maximum absolute atomic E-state index is 13.4. The third kappa shape index (κ3) is 3.49. The van der Waals surface area contributed by atoms with E-state index in [1.807, 2.05) is 0 Å². The number of nitrogens with one attached hydrogen (secondary N) is 2.